The second-order valence-electron chi connectivity index (χ2n) is 6.55. The summed E-state index contributed by atoms with van der Waals surface area (Å²) in [7, 11) is 1.66. The van der Waals surface area contributed by atoms with E-state index in [1.165, 1.54) is 11.1 Å². The Labute approximate surface area is 149 Å². The number of carbonyl (C=O) groups is 1. The van der Waals surface area contributed by atoms with Crippen LogP contribution in [0, 0.1) is 13.8 Å². The van der Waals surface area contributed by atoms with Crippen molar-refractivity contribution in [3.8, 4) is 11.5 Å². The molecule has 0 aliphatic carbocycles. The Balaban J connectivity index is 1.64. The lowest BCUT2D eigenvalue weighted by atomic mass is 10.0. The van der Waals surface area contributed by atoms with Gasteiger partial charge in [0.05, 0.1) is 13.2 Å². The molecule has 4 nitrogen and oxygen atoms in total. The molecule has 3 rings (SSSR count). The number of carbonyl (C=O) groups excluding carboxylic acids is 1. The Kier molecular flexibility index (Phi) is 5.27. The van der Waals surface area contributed by atoms with Crippen LogP contribution in [0.25, 0.3) is 0 Å². The molecule has 2 aromatic rings. The maximum atomic E-state index is 12.7. The highest BCUT2D eigenvalue weighted by atomic mass is 16.5. The van der Waals surface area contributed by atoms with Crippen molar-refractivity contribution in [3.63, 3.8) is 0 Å². The van der Waals surface area contributed by atoms with Crippen molar-refractivity contribution < 1.29 is 14.3 Å². The molecule has 2 aromatic carbocycles. The molecule has 1 amide bonds. The average molecular weight is 339 g/mol. The number of hydrogen-bond acceptors (Lipinski definition) is 3. The Hall–Kier alpha value is -2.49. The van der Waals surface area contributed by atoms with Crippen molar-refractivity contribution >= 4 is 5.91 Å². The fourth-order valence-corrected chi connectivity index (χ4v) is 3.27. The monoisotopic (exact) mass is 339 g/mol. The molecular formula is C21H25NO3. The van der Waals surface area contributed by atoms with E-state index in [4.69, 9.17) is 9.47 Å². The highest BCUT2D eigenvalue weighted by Gasteiger charge is 2.30. The molecule has 132 valence electrons. The zero-order valence-electron chi connectivity index (χ0n) is 15.1. The van der Waals surface area contributed by atoms with Crippen molar-refractivity contribution in [2.45, 2.75) is 32.7 Å². The third kappa shape index (κ3) is 3.95. The smallest absolute Gasteiger partial charge is 0.261 e. The summed E-state index contributed by atoms with van der Waals surface area (Å²) in [5.74, 6) is 1.62. The summed E-state index contributed by atoms with van der Waals surface area (Å²) in [5.41, 5.74) is 3.54. The summed E-state index contributed by atoms with van der Waals surface area (Å²) in [5, 5.41) is 0. The van der Waals surface area contributed by atoms with Crippen LogP contribution in [0.4, 0.5) is 0 Å². The second-order valence-corrected chi connectivity index (χ2v) is 6.55. The molecule has 0 radical (unpaired) electrons. The summed E-state index contributed by atoms with van der Waals surface area (Å²) in [6, 6.07) is 14.0. The lowest BCUT2D eigenvalue weighted by Crippen LogP contribution is -2.34. The van der Waals surface area contributed by atoms with E-state index in [9.17, 15) is 4.79 Å². The van der Waals surface area contributed by atoms with E-state index in [1.807, 2.05) is 54.3 Å². The number of amides is 1. The Morgan fingerprint density at radius 3 is 2.48 bits per heavy atom. The van der Waals surface area contributed by atoms with Gasteiger partial charge in [0.2, 0.25) is 0 Å². The summed E-state index contributed by atoms with van der Waals surface area (Å²) < 4.78 is 10.9. The number of hydrogen-bond donors (Lipinski definition) is 0. The lowest BCUT2D eigenvalue weighted by molar-refractivity contribution is -0.134. The SMILES string of the molecule is COc1ccc(C2CCCN2C(=O)COc2ccc(C)c(C)c2)cc1. The second kappa shape index (κ2) is 7.60. The van der Waals surface area contributed by atoms with Gasteiger partial charge in [0.1, 0.15) is 11.5 Å². The fourth-order valence-electron chi connectivity index (χ4n) is 3.27. The van der Waals surface area contributed by atoms with Crippen LogP contribution in [0.2, 0.25) is 0 Å². The molecule has 0 saturated carbocycles. The third-order valence-electron chi connectivity index (χ3n) is 4.91. The molecule has 0 spiro atoms. The highest BCUT2D eigenvalue weighted by Crippen LogP contribution is 2.32. The predicted octanol–water partition coefficient (Wildman–Crippen LogP) is 4.05. The highest BCUT2D eigenvalue weighted by molar-refractivity contribution is 5.78. The van der Waals surface area contributed by atoms with Crippen LogP contribution in [-0.2, 0) is 4.79 Å². The predicted molar refractivity (Wildman–Crippen MR) is 98.1 cm³/mol. The van der Waals surface area contributed by atoms with Gasteiger partial charge in [-0.3, -0.25) is 4.79 Å². The fraction of sp³-hybridized carbons (Fsp3) is 0.381. The maximum absolute atomic E-state index is 12.7. The van der Waals surface area contributed by atoms with Crippen LogP contribution in [0.15, 0.2) is 42.5 Å². The topological polar surface area (TPSA) is 38.8 Å². The van der Waals surface area contributed by atoms with E-state index >= 15 is 0 Å². The van der Waals surface area contributed by atoms with E-state index in [2.05, 4.69) is 6.92 Å². The van der Waals surface area contributed by atoms with E-state index in [0.717, 1.165) is 36.4 Å². The number of methoxy groups -OCH3 is 1. The Morgan fingerprint density at radius 2 is 1.80 bits per heavy atom. The third-order valence-corrected chi connectivity index (χ3v) is 4.91. The minimum absolute atomic E-state index is 0.0385. The van der Waals surface area contributed by atoms with Crippen LogP contribution in [0.1, 0.15) is 35.6 Å². The number of rotatable bonds is 5. The molecule has 4 heteroatoms. The molecule has 1 heterocycles. The molecule has 0 bridgehead atoms. The van der Waals surface area contributed by atoms with Gasteiger partial charge in [-0.1, -0.05) is 18.2 Å². The number of benzene rings is 2. The number of aryl methyl sites for hydroxylation is 2. The molecule has 1 aliphatic heterocycles. The van der Waals surface area contributed by atoms with Crippen LogP contribution in [0.3, 0.4) is 0 Å². The van der Waals surface area contributed by atoms with Crippen molar-refractivity contribution in [1.29, 1.82) is 0 Å². The van der Waals surface area contributed by atoms with Crippen molar-refractivity contribution in [2.75, 3.05) is 20.3 Å². The van der Waals surface area contributed by atoms with Gasteiger partial charge in [-0.15, -0.1) is 0 Å². The van der Waals surface area contributed by atoms with E-state index in [0.29, 0.717) is 0 Å². The molecule has 0 aromatic heterocycles. The molecule has 1 fully saturated rings. The molecule has 1 unspecified atom stereocenters. The summed E-state index contributed by atoms with van der Waals surface area (Å²) in [6.45, 7) is 4.97. The first-order valence-electron chi connectivity index (χ1n) is 8.72. The van der Waals surface area contributed by atoms with E-state index in [1.54, 1.807) is 7.11 Å². The van der Waals surface area contributed by atoms with Gasteiger partial charge >= 0.3 is 0 Å². The van der Waals surface area contributed by atoms with E-state index in [-0.39, 0.29) is 18.6 Å². The lowest BCUT2D eigenvalue weighted by Gasteiger charge is -2.25. The molecular weight excluding hydrogens is 314 g/mol. The van der Waals surface area contributed by atoms with E-state index < -0.39 is 0 Å². The zero-order valence-corrected chi connectivity index (χ0v) is 15.1. The summed E-state index contributed by atoms with van der Waals surface area (Å²) in [6.07, 6.45) is 2.01. The van der Waals surface area contributed by atoms with Gasteiger partial charge in [-0.05, 0) is 67.6 Å². The van der Waals surface area contributed by atoms with Gasteiger partial charge in [0.15, 0.2) is 6.61 Å². The van der Waals surface area contributed by atoms with Crippen LogP contribution >= 0.6 is 0 Å². The van der Waals surface area contributed by atoms with Gasteiger partial charge in [0, 0.05) is 6.54 Å². The Bertz CT molecular complexity index is 739. The van der Waals surface area contributed by atoms with Crippen LogP contribution in [-0.4, -0.2) is 31.1 Å². The van der Waals surface area contributed by atoms with Crippen molar-refractivity contribution in [1.82, 2.24) is 4.90 Å². The molecule has 1 saturated heterocycles. The quantitative estimate of drug-likeness (QED) is 0.825. The van der Waals surface area contributed by atoms with Gasteiger partial charge in [0.25, 0.3) is 5.91 Å². The van der Waals surface area contributed by atoms with Crippen LogP contribution in [0.5, 0.6) is 11.5 Å². The number of nitrogens with zero attached hydrogens (tertiary/aromatic N) is 1. The molecule has 0 N–H and O–H groups in total. The first-order valence-corrected chi connectivity index (χ1v) is 8.72. The summed E-state index contributed by atoms with van der Waals surface area (Å²) >= 11 is 0. The molecule has 1 atom stereocenters. The average Bonchev–Trinajstić information content (AvgIpc) is 3.12. The number of likely N-dealkylation sites (tertiary alicyclic amines) is 1. The maximum Gasteiger partial charge on any atom is 0.261 e. The van der Waals surface area contributed by atoms with Crippen molar-refractivity contribution in [3.05, 3.63) is 59.2 Å². The molecule has 1 aliphatic rings. The standard InChI is InChI=1S/C21H25NO3/c1-15-6-9-19(13-16(15)2)25-14-21(23)22-12-4-5-20(22)17-7-10-18(24-3)11-8-17/h6-11,13,20H,4-5,12,14H2,1-3H3. The molecule has 25 heavy (non-hydrogen) atoms. The van der Waals surface area contributed by atoms with Gasteiger partial charge in [-0.2, -0.15) is 0 Å². The van der Waals surface area contributed by atoms with Gasteiger partial charge < -0.3 is 14.4 Å². The minimum Gasteiger partial charge on any atom is -0.497 e. The first kappa shape index (κ1) is 17.3. The first-order chi connectivity index (χ1) is 12.1. The Morgan fingerprint density at radius 1 is 1.08 bits per heavy atom. The zero-order chi connectivity index (χ0) is 17.8. The van der Waals surface area contributed by atoms with Gasteiger partial charge in [-0.25, -0.2) is 0 Å². The normalized spacial score (nSPS) is 16.8. The van der Waals surface area contributed by atoms with Crippen molar-refractivity contribution in [2.24, 2.45) is 0 Å². The number of ether oxygens (including phenoxy) is 2. The summed E-state index contributed by atoms with van der Waals surface area (Å²) in [4.78, 5) is 14.6. The van der Waals surface area contributed by atoms with Crippen LogP contribution < -0.4 is 9.47 Å². The largest absolute Gasteiger partial charge is 0.497 e. The minimum atomic E-state index is 0.0385.